The van der Waals surface area contributed by atoms with Gasteiger partial charge >= 0.3 is 0 Å². The Morgan fingerprint density at radius 3 is 1.55 bits per heavy atom. The van der Waals surface area contributed by atoms with Crippen LogP contribution in [0.1, 0.15) is 0 Å². The maximum Gasteiger partial charge on any atom is 0.204 e. The molecule has 0 aromatic rings. The van der Waals surface area contributed by atoms with E-state index in [1.807, 2.05) is 12.4 Å². The van der Waals surface area contributed by atoms with Crippen LogP contribution in [0.3, 0.4) is 0 Å². The Kier molecular flexibility index (Phi) is 10.1. The molecule has 8 nitrogen and oxygen atoms in total. The lowest BCUT2D eigenvalue weighted by Gasteiger charge is -2.14. The molecule has 0 aliphatic rings. The lowest BCUT2D eigenvalue weighted by atomic mass is 10.6. The summed E-state index contributed by atoms with van der Waals surface area (Å²) in [6.07, 6.45) is 3.93. The highest BCUT2D eigenvalue weighted by atomic mass is 33.1. The fourth-order valence-corrected chi connectivity index (χ4v) is 2.95. The van der Waals surface area contributed by atoms with Gasteiger partial charge in [-0.2, -0.15) is 10.5 Å². The first kappa shape index (κ1) is 18.2. The van der Waals surface area contributed by atoms with Crippen molar-refractivity contribution >= 4 is 33.5 Å². The normalized spacial score (nSPS) is 11.6. The Bertz CT molecular complexity index is 382. The quantitative estimate of drug-likeness (QED) is 0.165. The molecule has 0 rings (SSSR count). The third-order valence-electron chi connectivity index (χ3n) is 2.13. The number of aliphatic imine (C=N–C) groups is 2. The fourth-order valence-electron chi connectivity index (χ4n) is 1.05. The molecular formula is C10H18N8S2. The lowest BCUT2D eigenvalue weighted by molar-refractivity contribution is 0.605. The first-order valence-electron chi connectivity index (χ1n) is 5.64. The Balaban J connectivity index is 3.84. The summed E-state index contributed by atoms with van der Waals surface area (Å²) in [5, 5.41) is 17.7. The van der Waals surface area contributed by atoms with Crippen molar-refractivity contribution in [3.05, 3.63) is 0 Å². The van der Waals surface area contributed by atoms with E-state index >= 15 is 0 Å². The fraction of sp³-hybridized carbons (Fsp3) is 0.600. The Morgan fingerprint density at radius 1 is 0.950 bits per heavy atom. The molecule has 0 aromatic heterocycles. The van der Waals surface area contributed by atoms with Crippen LogP contribution in [-0.4, -0.2) is 60.4 Å². The molecule has 20 heavy (non-hydrogen) atoms. The highest BCUT2D eigenvalue weighted by Gasteiger charge is 2.07. The van der Waals surface area contributed by atoms with Crippen molar-refractivity contribution in [1.82, 2.24) is 9.80 Å². The summed E-state index contributed by atoms with van der Waals surface area (Å²) in [5.74, 6) is 1.86. The van der Waals surface area contributed by atoms with E-state index in [4.69, 9.17) is 22.0 Å². The Morgan fingerprint density at radius 2 is 1.30 bits per heavy atom. The van der Waals surface area contributed by atoms with Crippen LogP contribution in [0.5, 0.6) is 0 Å². The second-order valence-corrected chi connectivity index (χ2v) is 6.01. The van der Waals surface area contributed by atoms with E-state index < -0.39 is 0 Å². The van der Waals surface area contributed by atoms with Gasteiger partial charge in [-0.15, -0.1) is 0 Å². The van der Waals surface area contributed by atoms with Crippen LogP contribution in [-0.2, 0) is 0 Å². The minimum atomic E-state index is 0.209. The van der Waals surface area contributed by atoms with Crippen LogP contribution in [0.15, 0.2) is 9.98 Å². The van der Waals surface area contributed by atoms with Gasteiger partial charge in [-0.1, -0.05) is 21.6 Å². The summed E-state index contributed by atoms with van der Waals surface area (Å²) >= 11 is 0. The van der Waals surface area contributed by atoms with Crippen molar-refractivity contribution in [1.29, 1.82) is 10.5 Å². The minimum absolute atomic E-state index is 0.209. The molecular weight excluding hydrogens is 296 g/mol. The average Bonchev–Trinajstić information content (AvgIpc) is 2.48. The predicted molar refractivity (Wildman–Crippen MR) is 84.6 cm³/mol. The van der Waals surface area contributed by atoms with Gasteiger partial charge < -0.3 is 11.5 Å². The standard InChI is InChI=1S/C10H18N8S2/c1-15-9(13)17(7-11)3-5-19-20-6-4-18(8-12)10(14)16-2/h3-6H2,1-2H3,(H2,13,15)(H2,14,16). The van der Waals surface area contributed by atoms with Gasteiger partial charge in [0.05, 0.1) is 0 Å². The third-order valence-corrected chi connectivity index (χ3v) is 4.50. The first-order valence-corrected chi connectivity index (χ1v) is 8.13. The number of guanidine groups is 2. The van der Waals surface area contributed by atoms with E-state index in [1.54, 1.807) is 21.6 Å². The smallest absolute Gasteiger partial charge is 0.204 e. The molecule has 0 aliphatic heterocycles. The van der Waals surface area contributed by atoms with Crippen LogP contribution in [0.25, 0.3) is 0 Å². The molecule has 0 spiro atoms. The zero-order chi connectivity index (χ0) is 15.4. The van der Waals surface area contributed by atoms with Crippen molar-refractivity contribution < 1.29 is 0 Å². The van der Waals surface area contributed by atoms with Crippen LogP contribution in [0.2, 0.25) is 0 Å². The van der Waals surface area contributed by atoms with E-state index in [0.29, 0.717) is 13.1 Å². The summed E-state index contributed by atoms with van der Waals surface area (Å²) < 4.78 is 0. The van der Waals surface area contributed by atoms with Gasteiger partial charge in [0.15, 0.2) is 12.4 Å². The third kappa shape index (κ3) is 6.97. The number of rotatable bonds is 7. The van der Waals surface area contributed by atoms with Crippen molar-refractivity contribution in [2.75, 3.05) is 38.7 Å². The molecule has 0 radical (unpaired) electrons. The van der Waals surface area contributed by atoms with Crippen LogP contribution < -0.4 is 11.5 Å². The molecule has 0 unspecified atom stereocenters. The highest BCUT2D eigenvalue weighted by molar-refractivity contribution is 8.76. The molecule has 0 bridgehead atoms. The number of nitrogens with two attached hydrogens (primary N) is 2. The molecule has 110 valence electrons. The van der Waals surface area contributed by atoms with E-state index in [9.17, 15) is 0 Å². The molecule has 4 N–H and O–H groups in total. The van der Waals surface area contributed by atoms with Crippen molar-refractivity contribution in [3.8, 4) is 12.4 Å². The van der Waals surface area contributed by atoms with Gasteiger partial charge in [-0.05, 0) is 0 Å². The molecule has 0 atom stereocenters. The van der Waals surface area contributed by atoms with Crippen molar-refractivity contribution in [2.45, 2.75) is 0 Å². The van der Waals surface area contributed by atoms with Gasteiger partial charge in [0, 0.05) is 38.7 Å². The minimum Gasteiger partial charge on any atom is -0.369 e. The second-order valence-electron chi connectivity index (χ2n) is 3.31. The Labute approximate surface area is 126 Å². The van der Waals surface area contributed by atoms with Gasteiger partial charge in [-0.3, -0.25) is 9.98 Å². The molecule has 0 saturated heterocycles. The summed E-state index contributed by atoms with van der Waals surface area (Å²) in [6, 6.07) is 0. The number of hydrogen-bond donors (Lipinski definition) is 2. The van der Waals surface area contributed by atoms with Gasteiger partial charge in [-0.25, -0.2) is 9.80 Å². The monoisotopic (exact) mass is 314 g/mol. The van der Waals surface area contributed by atoms with E-state index in [-0.39, 0.29) is 11.9 Å². The summed E-state index contributed by atoms with van der Waals surface area (Å²) in [6.45, 7) is 0.996. The van der Waals surface area contributed by atoms with E-state index in [0.717, 1.165) is 11.5 Å². The topological polar surface area (TPSA) is 131 Å². The summed E-state index contributed by atoms with van der Waals surface area (Å²) in [5.41, 5.74) is 11.1. The summed E-state index contributed by atoms with van der Waals surface area (Å²) in [4.78, 5) is 10.2. The highest BCUT2D eigenvalue weighted by Crippen LogP contribution is 2.20. The van der Waals surface area contributed by atoms with Crippen LogP contribution in [0.4, 0.5) is 0 Å². The maximum absolute atomic E-state index is 8.85. The lowest BCUT2D eigenvalue weighted by Crippen LogP contribution is -2.35. The maximum atomic E-state index is 8.85. The van der Waals surface area contributed by atoms with Crippen molar-refractivity contribution in [3.63, 3.8) is 0 Å². The summed E-state index contributed by atoms with van der Waals surface area (Å²) in [7, 11) is 6.27. The van der Waals surface area contributed by atoms with E-state index in [2.05, 4.69) is 9.98 Å². The molecule has 0 amide bonds. The molecule has 0 aromatic carbocycles. The van der Waals surface area contributed by atoms with E-state index in [1.165, 1.54) is 23.9 Å². The van der Waals surface area contributed by atoms with Crippen molar-refractivity contribution in [2.24, 2.45) is 21.5 Å². The molecule has 10 heteroatoms. The number of nitrogens with zero attached hydrogens (tertiary/aromatic N) is 6. The van der Waals surface area contributed by atoms with Gasteiger partial charge in [0.1, 0.15) is 0 Å². The second kappa shape index (κ2) is 11.1. The predicted octanol–water partition coefficient (Wildman–Crippen LogP) is -0.177. The number of nitriles is 2. The molecule has 0 heterocycles. The zero-order valence-corrected chi connectivity index (χ0v) is 13.1. The van der Waals surface area contributed by atoms with Gasteiger partial charge in [0.2, 0.25) is 11.9 Å². The molecule has 0 saturated carbocycles. The SMILES string of the molecule is CN=C(N)N(C#N)CCSSCCN(C#N)C(N)=NC. The molecule has 0 fully saturated rings. The largest absolute Gasteiger partial charge is 0.369 e. The van der Waals surface area contributed by atoms with Crippen LogP contribution >= 0.6 is 21.6 Å². The van der Waals surface area contributed by atoms with Crippen LogP contribution in [0, 0.1) is 22.9 Å². The average molecular weight is 314 g/mol. The first-order chi connectivity index (χ1) is 9.60. The Hall–Kier alpha value is -1.78. The molecule has 0 aliphatic carbocycles. The van der Waals surface area contributed by atoms with Gasteiger partial charge in [0.25, 0.3) is 0 Å². The zero-order valence-electron chi connectivity index (χ0n) is 11.5. The number of hydrogen-bond acceptors (Lipinski definition) is 6.